The largest absolute Gasteiger partial charge is 0.391 e. The highest BCUT2D eigenvalue weighted by Gasteiger charge is 2.16. The van der Waals surface area contributed by atoms with Gasteiger partial charge in [0.25, 0.3) is 0 Å². The average Bonchev–Trinajstić information content (AvgIpc) is 2.70. The molecule has 0 radical (unpaired) electrons. The standard InChI is InChI=1S/C11H14NO/c13-9-10-5-1-2-6-11(10)12-7-3-4-8-12/h1-2,5-7,13H,3-4,8-9H2/q+1. The third-order valence-electron chi connectivity index (χ3n) is 2.42. The molecule has 68 valence electrons. The summed E-state index contributed by atoms with van der Waals surface area (Å²) in [6.45, 7) is 1.21. The fraction of sp³-hybridized carbons (Fsp3) is 0.364. The Morgan fingerprint density at radius 2 is 2.15 bits per heavy atom. The minimum Gasteiger partial charge on any atom is -0.391 e. The van der Waals surface area contributed by atoms with Gasteiger partial charge in [0.1, 0.15) is 12.8 Å². The number of hydrogen-bond acceptors (Lipinski definition) is 1. The summed E-state index contributed by atoms with van der Waals surface area (Å²) >= 11 is 0. The number of hydrogen-bond donors (Lipinski definition) is 1. The Hall–Kier alpha value is -1.15. The molecule has 1 N–H and O–H groups in total. The van der Waals surface area contributed by atoms with Gasteiger partial charge in [0, 0.05) is 24.5 Å². The molecule has 0 saturated heterocycles. The van der Waals surface area contributed by atoms with E-state index in [9.17, 15) is 0 Å². The van der Waals surface area contributed by atoms with Gasteiger partial charge in [0.05, 0.1) is 6.61 Å². The molecule has 0 bridgehead atoms. The van der Waals surface area contributed by atoms with Gasteiger partial charge in [-0.25, -0.2) is 4.58 Å². The number of aliphatic hydroxyl groups excluding tert-OH is 1. The smallest absolute Gasteiger partial charge is 0.210 e. The lowest BCUT2D eigenvalue weighted by Gasteiger charge is -2.01. The van der Waals surface area contributed by atoms with Gasteiger partial charge < -0.3 is 5.11 Å². The van der Waals surface area contributed by atoms with E-state index in [2.05, 4.69) is 16.9 Å². The summed E-state index contributed by atoms with van der Waals surface area (Å²) < 4.78 is 2.23. The first kappa shape index (κ1) is 8.45. The molecule has 1 heterocycles. The van der Waals surface area contributed by atoms with Crippen molar-refractivity contribution >= 4 is 11.9 Å². The Balaban J connectivity index is 2.38. The summed E-state index contributed by atoms with van der Waals surface area (Å²) in [5.41, 5.74) is 2.17. The second-order valence-electron chi connectivity index (χ2n) is 3.31. The van der Waals surface area contributed by atoms with Gasteiger partial charge >= 0.3 is 0 Å². The second kappa shape index (κ2) is 3.71. The zero-order valence-electron chi connectivity index (χ0n) is 7.61. The first-order valence-electron chi connectivity index (χ1n) is 4.70. The van der Waals surface area contributed by atoms with Crippen LogP contribution in [0.3, 0.4) is 0 Å². The minimum atomic E-state index is 0.126. The van der Waals surface area contributed by atoms with Crippen LogP contribution in [0, 0.1) is 0 Å². The van der Waals surface area contributed by atoms with E-state index in [1.165, 1.54) is 6.42 Å². The van der Waals surface area contributed by atoms with Gasteiger partial charge in [0.2, 0.25) is 5.69 Å². The third-order valence-corrected chi connectivity index (χ3v) is 2.42. The van der Waals surface area contributed by atoms with Crippen molar-refractivity contribution in [2.75, 3.05) is 6.54 Å². The zero-order chi connectivity index (χ0) is 9.10. The van der Waals surface area contributed by atoms with Crippen molar-refractivity contribution in [3.8, 4) is 0 Å². The molecule has 0 unspecified atom stereocenters. The highest BCUT2D eigenvalue weighted by atomic mass is 16.3. The van der Waals surface area contributed by atoms with Crippen LogP contribution in [0.4, 0.5) is 5.69 Å². The normalized spacial score (nSPS) is 15.9. The van der Waals surface area contributed by atoms with E-state index in [-0.39, 0.29) is 6.61 Å². The lowest BCUT2D eigenvalue weighted by molar-refractivity contribution is -0.427. The molecule has 0 saturated carbocycles. The second-order valence-corrected chi connectivity index (χ2v) is 3.31. The van der Waals surface area contributed by atoms with E-state index in [1.807, 2.05) is 18.2 Å². The van der Waals surface area contributed by atoms with Crippen molar-refractivity contribution < 1.29 is 9.68 Å². The summed E-state index contributed by atoms with van der Waals surface area (Å²) in [5, 5.41) is 9.14. The van der Waals surface area contributed by atoms with E-state index in [0.29, 0.717) is 0 Å². The first-order chi connectivity index (χ1) is 6.42. The van der Waals surface area contributed by atoms with Crippen molar-refractivity contribution in [2.45, 2.75) is 19.4 Å². The van der Waals surface area contributed by atoms with E-state index >= 15 is 0 Å². The maximum atomic E-state index is 9.14. The molecule has 2 nitrogen and oxygen atoms in total. The van der Waals surface area contributed by atoms with Crippen LogP contribution in [-0.4, -0.2) is 22.4 Å². The summed E-state index contributed by atoms with van der Waals surface area (Å²) in [4.78, 5) is 0. The SMILES string of the molecule is OCc1ccccc1[N+]1=CCCC1. The fourth-order valence-corrected chi connectivity index (χ4v) is 1.74. The molecule has 0 fully saturated rings. The Morgan fingerprint density at radius 1 is 1.31 bits per heavy atom. The molecule has 13 heavy (non-hydrogen) atoms. The number of nitrogens with zero attached hydrogens (tertiary/aromatic N) is 1. The summed E-state index contributed by atoms with van der Waals surface area (Å²) in [7, 11) is 0. The van der Waals surface area contributed by atoms with Crippen LogP contribution in [0.15, 0.2) is 24.3 Å². The molecule has 0 aliphatic carbocycles. The molecule has 2 heteroatoms. The molecule has 2 rings (SSSR count). The lowest BCUT2D eigenvalue weighted by atomic mass is 10.2. The summed E-state index contributed by atoms with van der Waals surface area (Å²) in [6.07, 6.45) is 4.58. The minimum absolute atomic E-state index is 0.126. The number of rotatable bonds is 2. The predicted molar refractivity (Wildman–Crippen MR) is 52.5 cm³/mol. The van der Waals surface area contributed by atoms with Crippen molar-refractivity contribution in [3.63, 3.8) is 0 Å². The van der Waals surface area contributed by atoms with Gasteiger partial charge in [-0.05, 0) is 0 Å². The molecular weight excluding hydrogens is 162 g/mol. The van der Waals surface area contributed by atoms with Crippen LogP contribution < -0.4 is 0 Å². The maximum Gasteiger partial charge on any atom is 0.210 e. The highest BCUT2D eigenvalue weighted by molar-refractivity contribution is 5.56. The Morgan fingerprint density at radius 3 is 2.85 bits per heavy atom. The number of para-hydroxylation sites is 1. The molecule has 1 aliphatic rings. The van der Waals surface area contributed by atoms with Crippen LogP contribution >= 0.6 is 0 Å². The van der Waals surface area contributed by atoms with Crippen LogP contribution in [0.2, 0.25) is 0 Å². The monoisotopic (exact) mass is 176 g/mol. The molecular formula is C11H14NO+. The molecule has 0 atom stereocenters. The Bertz CT molecular complexity index is 331. The van der Waals surface area contributed by atoms with Gasteiger partial charge in [-0.1, -0.05) is 18.2 Å². The highest BCUT2D eigenvalue weighted by Crippen LogP contribution is 2.20. The van der Waals surface area contributed by atoms with Crippen molar-refractivity contribution in [2.24, 2.45) is 0 Å². The van der Waals surface area contributed by atoms with E-state index < -0.39 is 0 Å². The number of aliphatic hydroxyl groups is 1. The van der Waals surface area contributed by atoms with Gasteiger partial charge in [0.15, 0.2) is 0 Å². The topological polar surface area (TPSA) is 23.2 Å². The van der Waals surface area contributed by atoms with Crippen LogP contribution in [0.5, 0.6) is 0 Å². The predicted octanol–water partition coefficient (Wildman–Crippen LogP) is 1.69. The van der Waals surface area contributed by atoms with E-state index in [1.54, 1.807) is 0 Å². The zero-order valence-corrected chi connectivity index (χ0v) is 7.61. The molecule has 1 aliphatic heterocycles. The van der Waals surface area contributed by atoms with Crippen molar-refractivity contribution in [1.82, 2.24) is 0 Å². The fourth-order valence-electron chi connectivity index (χ4n) is 1.74. The van der Waals surface area contributed by atoms with E-state index in [0.717, 1.165) is 24.2 Å². The van der Waals surface area contributed by atoms with Crippen LogP contribution in [0.1, 0.15) is 18.4 Å². The number of benzene rings is 1. The quantitative estimate of drug-likeness (QED) is 0.681. The molecule has 0 aromatic heterocycles. The lowest BCUT2D eigenvalue weighted by Crippen LogP contribution is -2.03. The molecule has 1 aromatic rings. The molecule has 0 amide bonds. The average molecular weight is 176 g/mol. The Labute approximate surface area is 78.1 Å². The maximum absolute atomic E-state index is 9.14. The van der Waals surface area contributed by atoms with Crippen LogP contribution in [-0.2, 0) is 6.61 Å². The van der Waals surface area contributed by atoms with Crippen LogP contribution in [0.25, 0.3) is 0 Å². The van der Waals surface area contributed by atoms with Crippen molar-refractivity contribution in [3.05, 3.63) is 29.8 Å². The third kappa shape index (κ3) is 1.63. The van der Waals surface area contributed by atoms with E-state index in [4.69, 9.17) is 5.11 Å². The van der Waals surface area contributed by atoms with Gasteiger partial charge in [-0.2, -0.15) is 0 Å². The van der Waals surface area contributed by atoms with Gasteiger partial charge in [-0.15, -0.1) is 0 Å². The van der Waals surface area contributed by atoms with Gasteiger partial charge in [-0.3, -0.25) is 0 Å². The first-order valence-corrected chi connectivity index (χ1v) is 4.70. The molecule has 0 spiro atoms. The summed E-state index contributed by atoms with van der Waals surface area (Å²) in [5.74, 6) is 0. The Kier molecular flexibility index (Phi) is 2.41. The summed E-state index contributed by atoms with van der Waals surface area (Å²) in [6, 6.07) is 8.01. The van der Waals surface area contributed by atoms with Crippen molar-refractivity contribution in [1.29, 1.82) is 0 Å². The molecule has 1 aromatic carbocycles.